The predicted molar refractivity (Wildman–Crippen MR) is 139 cm³/mol. The standard InChI is InChI=1S/C26H37N3O5S/c1-19(2)27-26(31)21(4)28(18-22-10-7-9-20(3)17-22)25(30)11-8-16-29(35(6,32)33)23-12-14-24(34-5)15-13-23/h7,9-10,12-15,17,19,21H,8,11,16,18H2,1-6H3,(H,27,31)/t21-/m0/s1. The molecule has 9 heteroatoms. The lowest BCUT2D eigenvalue weighted by molar-refractivity contribution is -0.140. The molecule has 8 nitrogen and oxygen atoms in total. The van der Waals surface area contributed by atoms with Crippen LogP contribution in [0.15, 0.2) is 48.5 Å². The summed E-state index contributed by atoms with van der Waals surface area (Å²) >= 11 is 0. The van der Waals surface area contributed by atoms with Gasteiger partial charge in [0, 0.05) is 25.6 Å². The second-order valence-corrected chi connectivity index (χ2v) is 10.9. The Morgan fingerprint density at radius 2 is 1.71 bits per heavy atom. The molecular weight excluding hydrogens is 466 g/mol. The molecule has 0 aliphatic heterocycles. The van der Waals surface area contributed by atoms with E-state index >= 15 is 0 Å². The topological polar surface area (TPSA) is 96.0 Å². The van der Waals surface area contributed by atoms with E-state index in [9.17, 15) is 18.0 Å². The van der Waals surface area contributed by atoms with Crippen LogP contribution in [0, 0.1) is 6.92 Å². The highest BCUT2D eigenvalue weighted by molar-refractivity contribution is 7.92. The van der Waals surface area contributed by atoms with Crippen LogP contribution in [0.4, 0.5) is 5.69 Å². The number of amides is 2. The summed E-state index contributed by atoms with van der Waals surface area (Å²) in [4.78, 5) is 27.5. The lowest BCUT2D eigenvalue weighted by atomic mass is 10.1. The molecular formula is C26H37N3O5S. The van der Waals surface area contributed by atoms with Gasteiger partial charge in [0.05, 0.1) is 19.1 Å². The van der Waals surface area contributed by atoms with Gasteiger partial charge in [0.25, 0.3) is 0 Å². The quantitative estimate of drug-likeness (QED) is 0.478. The molecule has 0 fully saturated rings. The predicted octanol–water partition coefficient (Wildman–Crippen LogP) is 3.49. The molecule has 192 valence electrons. The molecule has 0 aromatic heterocycles. The number of nitrogens with zero attached hydrogens (tertiary/aromatic N) is 2. The van der Waals surface area contributed by atoms with Crippen LogP contribution in [0.2, 0.25) is 0 Å². The number of benzene rings is 2. The van der Waals surface area contributed by atoms with Crippen LogP contribution in [-0.4, -0.2) is 57.1 Å². The van der Waals surface area contributed by atoms with Crippen LogP contribution in [0.1, 0.15) is 44.7 Å². The van der Waals surface area contributed by atoms with E-state index in [1.165, 1.54) is 4.31 Å². The van der Waals surface area contributed by atoms with Crippen molar-refractivity contribution in [1.29, 1.82) is 0 Å². The molecule has 0 saturated carbocycles. The van der Waals surface area contributed by atoms with Crippen molar-refractivity contribution >= 4 is 27.5 Å². The van der Waals surface area contributed by atoms with Crippen molar-refractivity contribution < 1.29 is 22.7 Å². The average molecular weight is 504 g/mol. The number of aryl methyl sites for hydroxylation is 1. The van der Waals surface area contributed by atoms with E-state index in [0.717, 1.165) is 17.4 Å². The first-order chi connectivity index (χ1) is 16.4. The van der Waals surface area contributed by atoms with E-state index in [-0.39, 0.29) is 30.8 Å². The highest BCUT2D eigenvalue weighted by atomic mass is 32.2. The lowest BCUT2D eigenvalue weighted by Gasteiger charge is -2.30. The van der Waals surface area contributed by atoms with E-state index < -0.39 is 16.1 Å². The Bertz CT molecular complexity index is 1100. The number of hydrogen-bond donors (Lipinski definition) is 1. The second kappa shape index (κ2) is 12.6. The zero-order valence-corrected chi connectivity index (χ0v) is 22.3. The summed E-state index contributed by atoms with van der Waals surface area (Å²) in [5.41, 5.74) is 2.50. The third-order valence-corrected chi connectivity index (χ3v) is 6.74. The van der Waals surface area contributed by atoms with Gasteiger partial charge in [-0.15, -0.1) is 0 Å². The number of rotatable bonds is 12. The monoisotopic (exact) mass is 503 g/mol. The summed E-state index contributed by atoms with van der Waals surface area (Å²) in [5.74, 6) is 0.191. The molecule has 0 heterocycles. The highest BCUT2D eigenvalue weighted by Gasteiger charge is 2.27. The van der Waals surface area contributed by atoms with Crippen LogP contribution in [0.3, 0.4) is 0 Å². The molecule has 1 N–H and O–H groups in total. The minimum Gasteiger partial charge on any atom is -0.497 e. The maximum absolute atomic E-state index is 13.3. The van der Waals surface area contributed by atoms with Crippen molar-refractivity contribution in [2.75, 3.05) is 24.2 Å². The molecule has 2 rings (SSSR count). The van der Waals surface area contributed by atoms with Crippen molar-refractivity contribution in [2.45, 2.75) is 59.2 Å². The molecule has 35 heavy (non-hydrogen) atoms. The summed E-state index contributed by atoms with van der Waals surface area (Å²) in [5, 5.41) is 2.87. The minimum absolute atomic E-state index is 0.0475. The fourth-order valence-corrected chi connectivity index (χ4v) is 4.71. The summed E-state index contributed by atoms with van der Waals surface area (Å²) < 4.78 is 31.3. The van der Waals surface area contributed by atoms with Gasteiger partial charge in [0.1, 0.15) is 11.8 Å². The summed E-state index contributed by atoms with van der Waals surface area (Å²) in [6, 6.07) is 13.8. The maximum Gasteiger partial charge on any atom is 0.242 e. The first kappa shape index (κ1) is 28.2. The average Bonchev–Trinajstić information content (AvgIpc) is 2.78. The number of ether oxygens (including phenoxy) is 1. The summed E-state index contributed by atoms with van der Waals surface area (Å²) in [6.45, 7) is 7.87. The number of carbonyl (C=O) groups excluding carboxylic acids is 2. The lowest BCUT2D eigenvalue weighted by Crippen LogP contribution is -2.49. The number of nitrogens with one attached hydrogen (secondary N) is 1. The third-order valence-electron chi connectivity index (χ3n) is 5.55. The third kappa shape index (κ3) is 8.58. The maximum atomic E-state index is 13.3. The Kier molecular flexibility index (Phi) is 10.1. The molecule has 0 bridgehead atoms. The van der Waals surface area contributed by atoms with Crippen molar-refractivity contribution in [3.05, 3.63) is 59.7 Å². The smallest absolute Gasteiger partial charge is 0.242 e. The Balaban J connectivity index is 2.16. The Labute approximate surface area is 209 Å². The largest absolute Gasteiger partial charge is 0.497 e. The number of hydrogen-bond acceptors (Lipinski definition) is 5. The van der Waals surface area contributed by atoms with Gasteiger partial charge in [-0.05, 0) is 63.9 Å². The van der Waals surface area contributed by atoms with E-state index in [2.05, 4.69) is 5.32 Å². The summed E-state index contributed by atoms with van der Waals surface area (Å²) in [6.07, 6.45) is 1.55. The van der Waals surface area contributed by atoms with Gasteiger partial charge >= 0.3 is 0 Å². The number of anilines is 1. The molecule has 0 aliphatic rings. The fraction of sp³-hybridized carbons (Fsp3) is 0.462. The van der Waals surface area contributed by atoms with E-state index in [1.807, 2.05) is 45.0 Å². The number of carbonyl (C=O) groups is 2. The summed E-state index contributed by atoms with van der Waals surface area (Å²) in [7, 11) is -2.01. The zero-order valence-electron chi connectivity index (χ0n) is 21.4. The first-order valence-electron chi connectivity index (χ1n) is 11.7. The van der Waals surface area contributed by atoms with E-state index in [1.54, 1.807) is 43.2 Å². The zero-order chi connectivity index (χ0) is 26.2. The molecule has 1 atom stereocenters. The molecule has 2 aromatic rings. The fourth-order valence-electron chi connectivity index (χ4n) is 3.75. The van der Waals surface area contributed by atoms with Gasteiger partial charge in [0.15, 0.2) is 0 Å². The SMILES string of the molecule is COc1ccc(N(CCCC(=O)N(Cc2cccc(C)c2)[C@@H](C)C(=O)NC(C)C)S(C)(=O)=O)cc1. The Morgan fingerprint density at radius 1 is 1.06 bits per heavy atom. The van der Waals surface area contributed by atoms with Gasteiger partial charge in [-0.2, -0.15) is 0 Å². The molecule has 2 amide bonds. The molecule has 2 aromatic carbocycles. The van der Waals surface area contributed by atoms with E-state index in [0.29, 0.717) is 24.4 Å². The van der Waals surface area contributed by atoms with Gasteiger partial charge in [-0.3, -0.25) is 13.9 Å². The second-order valence-electron chi connectivity index (χ2n) is 8.99. The minimum atomic E-state index is -3.55. The molecule has 0 aliphatic carbocycles. The van der Waals surface area contributed by atoms with Crippen LogP contribution in [-0.2, 0) is 26.2 Å². The molecule has 0 spiro atoms. The first-order valence-corrected chi connectivity index (χ1v) is 13.5. The van der Waals surface area contributed by atoms with Crippen molar-refractivity contribution in [2.24, 2.45) is 0 Å². The molecule has 0 radical (unpaired) electrons. The number of methoxy groups -OCH3 is 1. The highest BCUT2D eigenvalue weighted by Crippen LogP contribution is 2.22. The Morgan fingerprint density at radius 3 is 2.26 bits per heavy atom. The van der Waals surface area contributed by atoms with Crippen molar-refractivity contribution in [1.82, 2.24) is 10.2 Å². The van der Waals surface area contributed by atoms with Gasteiger partial charge in [-0.25, -0.2) is 8.42 Å². The van der Waals surface area contributed by atoms with Gasteiger partial charge in [0.2, 0.25) is 21.8 Å². The van der Waals surface area contributed by atoms with Crippen LogP contribution < -0.4 is 14.4 Å². The molecule has 0 saturated heterocycles. The van der Waals surface area contributed by atoms with Gasteiger partial charge in [-0.1, -0.05) is 29.8 Å². The normalized spacial score (nSPS) is 12.2. The van der Waals surface area contributed by atoms with Crippen molar-refractivity contribution in [3.8, 4) is 5.75 Å². The van der Waals surface area contributed by atoms with E-state index in [4.69, 9.17) is 4.74 Å². The number of sulfonamides is 1. The van der Waals surface area contributed by atoms with Gasteiger partial charge < -0.3 is 15.0 Å². The molecule has 0 unspecified atom stereocenters. The Hall–Kier alpha value is -3.07. The van der Waals surface area contributed by atoms with Crippen LogP contribution in [0.25, 0.3) is 0 Å². The van der Waals surface area contributed by atoms with Crippen molar-refractivity contribution in [3.63, 3.8) is 0 Å². The van der Waals surface area contributed by atoms with Crippen LogP contribution in [0.5, 0.6) is 5.75 Å². The van der Waals surface area contributed by atoms with Crippen LogP contribution >= 0.6 is 0 Å².